The van der Waals surface area contributed by atoms with Crippen molar-refractivity contribution in [1.29, 1.82) is 0 Å². The molecule has 0 bridgehead atoms. The van der Waals surface area contributed by atoms with Crippen molar-refractivity contribution >= 4 is 11.3 Å². The summed E-state index contributed by atoms with van der Waals surface area (Å²) in [5.74, 6) is 0. The summed E-state index contributed by atoms with van der Waals surface area (Å²) in [7, 11) is 0. The monoisotopic (exact) mass is 129 g/mol. The molecule has 0 aliphatic carbocycles. The zero-order valence-corrected chi connectivity index (χ0v) is 5.35. The molecule has 1 aromatic rings. The highest BCUT2D eigenvalue weighted by atomic mass is 32.1. The summed E-state index contributed by atoms with van der Waals surface area (Å²) in [6.45, 7) is 1.71. The Balaban J connectivity index is 2.77. The van der Waals surface area contributed by atoms with Crippen molar-refractivity contribution in [3.05, 3.63) is 16.6 Å². The Labute approximate surface area is 51.8 Å². The minimum absolute atomic E-state index is 0.407. The van der Waals surface area contributed by atoms with Crippen LogP contribution in [0.15, 0.2) is 11.6 Å². The lowest BCUT2D eigenvalue weighted by Crippen LogP contribution is -1.86. The van der Waals surface area contributed by atoms with E-state index in [4.69, 9.17) is 5.11 Å². The largest absolute Gasteiger partial charge is 0.386 e. The molecule has 8 heavy (non-hydrogen) atoms. The molecule has 1 N–H and O–H groups in total. The fraction of sp³-hybridized carbons (Fsp3) is 0.400. The molecule has 0 aliphatic heterocycles. The summed E-state index contributed by atoms with van der Waals surface area (Å²) in [5, 5.41) is 11.5. The van der Waals surface area contributed by atoms with Gasteiger partial charge in [0.25, 0.3) is 0 Å². The second kappa shape index (κ2) is 2.24. The summed E-state index contributed by atoms with van der Waals surface area (Å²) in [6.07, 6.45) is 1.28. The van der Waals surface area contributed by atoms with Crippen LogP contribution in [-0.4, -0.2) is 10.1 Å². The Kier molecular flexibility index (Phi) is 1.60. The fourth-order valence-electron chi connectivity index (χ4n) is 0.441. The number of hydrogen-bond donors (Lipinski definition) is 1. The third-order valence-electron chi connectivity index (χ3n) is 0.809. The van der Waals surface area contributed by atoms with Gasteiger partial charge in [0, 0.05) is 11.6 Å². The van der Waals surface area contributed by atoms with Crippen molar-refractivity contribution in [2.45, 2.75) is 13.0 Å². The maximum atomic E-state index is 8.86. The van der Waals surface area contributed by atoms with E-state index in [1.54, 1.807) is 13.1 Å². The van der Waals surface area contributed by atoms with E-state index in [1.807, 2.05) is 5.38 Å². The van der Waals surface area contributed by atoms with Gasteiger partial charge in [-0.1, -0.05) is 0 Å². The van der Waals surface area contributed by atoms with Crippen molar-refractivity contribution in [2.75, 3.05) is 0 Å². The molecule has 0 fully saturated rings. The van der Waals surface area contributed by atoms with Crippen LogP contribution >= 0.6 is 11.3 Å². The van der Waals surface area contributed by atoms with Gasteiger partial charge < -0.3 is 5.11 Å². The van der Waals surface area contributed by atoms with Crippen LogP contribution in [0.2, 0.25) is 0 Å². The van der Waals surface area contributed by atoms with Crippen LogP contribution in [0.5, 0.6) is 0 Å². The van der Waals surface area contributed by atoms with E-state index in [-0.39, 0.29) is 0 Å². The first kappa shape index (κ1) is 5.72. The van der Waals surface area contributed by atoms with Gasteiger partial charge in [0.2, 0.25) is 0 Å². The lowest BCUT2D eigenvalue weighted by Gasteiger charge is -1.93. The first-order valence-corrected chi connectivity index (χ1v) is 3.26. The summed E-state index contributed by atoms with van der Waals surface area (Å²) in [5.41, 5.74) is 0. The molecule has 0 radical (unpaired) electrons. The summed E-state index contributed by atoms with van der Waals surface area (Å²) in [4.78, 5) is 3.88. The quantitative estimate of drug-likeness (QED) is 0.618. The van der Waals surface area contributed by atoms with E-state index >= 15 is 0 Å². The van der Waals surface area contributed by atoms with E-state index in [2.05, 4.69) is 4.98 Å². The molecular formula is C5H7NOS. The van der Waals surface area contributed by atoms with Gasteiger partial charge in [-0.15, -0.1) is 11.3 Å². The Morgan fingerprint density at radius 1 is 1.88 bits per heavy atom. The molecule has 0 amide bonds. The molecule has 44 valence electrons. The van der Waals surface area contributed by atoms with Crippen LogP contribution < -0.4 is 0 Å². The normalized spacial score (nSPS) is 13.8. The average molecular weight is 129 g/mol. The van der Waals surface area contributed by atoms with E-state index < -0.39 is 6.10 Å². The predicted molar refractivity (Wildman–Crippen MR) is 32.7 cm³/mol. The maximum absolute atomic E-state index is 8.86. The molecule has 1 aromatic heterocycles. The fourth-order valence-corrected chi connectivity index (χ4v) is 1.02. The molecule has 0 unspecified atom stereocenters. The second-order valence-corrected chi connectivity index (χ2v) is 2.47. The second-order valence-electron chi connectivity index (χ2n) is 1.55. The van der Waals surface area contributed by atoms with Gasteiger partial charge in [0.15, 0.2) is 0 Å². The summed E-state index contributed by atoms with van der Waals surface area (Å²) < 4.78 is 0. The number of nitrogens with zero attached hydrogens (tertiary/aromatic N) is 1. The first-order chi connectivity index (χ1) is 3.80. The molecular weight excluding hydrogens is 122 g/mol. The number of rotatable bonds is 1. The Morgan fingerprint density at radius 3 is 2.88 bits per heavy atom. The van der Waals surface area contributed by atoms with Crippen LogP contribution in [0.25, 0.3) is 0 Å². The van der Waals surface area contributed by atoms with Crippen molar-refractivity contribution in [1.82, 2.24) is 4.98 Å². The molecule has 0 aromatic carbocycles. The Bertz CT molecular complexity index is 147. The highest BCUT2D eigenvalue weighted by Gasteiger charge is 1.99. The topological polar surface area (TPSA) is 33.1 Å². The lowest BCUT2D eigenvalue weighted by atomic mass is 10.4. The van der Waals surface area contributed by atoms with Crippen LogP contribution in [0.1, 0.15) is 18.0 Å². The van der Waals surface area contributed by atoms with Crippen LogP contribution in [0, 0.1) is 0 Å². The number of aliphatic hydroxyl groups is 1. The lowest BCUT2D eigenvalue weighted by molar-refractivity contribution is 0.199. The summed E-state index contributed by atoms with van der Waals surface area (Å²) >= 11 is 1.47. The van der Waals surface area contributed by atoms with Gasteiger partial charge in [-0.25, -0.2) is 4.98 Å². The Hall–Kier alpha value is -0.410. The predicted octanol–water partition coefficient (Wildman–Crippen LogP) is 1.20. The van der Waals surface area contributed by atoms with Gasteiger partial charge in [0.05, 0.1) is 0 Å². The first-order valence-electron chi connectivity index (χ1n) is 2.38. The van der Waals surface area contributed by atoms with Crippen molar-refractivity contribution < 1.29 is 5.11 Å². The van der Waals surface area contributed by atoms with Crippen LogP contribution in [-0.2, 0) is 0 Å². The van der Waals surface area contributed by atoms with E-state index in [0.717, 1.165) is 5.01 Å². The standard InChI is InChI=1S/C5H7NOS/c1-4(7)5-6-2-3-8-5/h2-4,7H,1H3/t4-/m0/s1. The highest BCUT2D eigenvalue weighted by molar-refractivity contribution is 7.09. The molecule has 1 heterocycles. The maximum Gasteiger partial charge on any atom is 0.121 e. The van der Waals surface area contributed by atoms with Gasteiger partial charge >= 0.3 is 0 Å². The average Bonchev–Trinajstić information content (AvgIpc) is 2.12. The molecule has 1 rings (SSSR count). The minimum atomic E-state index is -0.407. The van der Waals surface area contributed by atoms with Crippen molar-refractivity contribution in [3.8, 4) is 0 Å². The summed E-state index contributed by atoms with van der Waals surface area (Å²) in [6, 6.07) is 0. The number of hydrogen-bond acceptors (Lipinski definition) is 3. The zero-order valence-electron chi connectivity index (χ0n) is 4.53. The van der Waals surface area contributed by atoms with Crippen molar-refractivity contribution in [3.63, 3.8) is 0 Å². The highest BCUT2D eigenvalue weighted by Crippen LogP contribution is 2.12. The number of aromatic nitrogens is 1. The number of aliphatic hydroxyl groups excluding tert-OH is 1. The van der Waals surface area contributed by atoms with Gasteiger partial charge in [0.1, 0.15) is 11.1 Å². The number of thiazole rings is 1. The van der Waals surface area contributed by atoms with Crippen LogP contribution in [0.3, 0.4) is 0 Å². The molecule has 3 heteroatoms. The van der Waals surface area contributed by atoms with Gasteiger partial charge in [-0.05, 0) is 6.92 Å². The van der Waals surface area contributed by atoms with E-state index in [9.17, 15) is 0 Å². The molecule has 0 aliphatic rings. The molecule has 1 atom stereocenters. The third-order valence-corrected chi connectivity index (χ3v) is 1.75. The van der Waals surface area contributed by atoms with Gasteiger partial charge in [-0.3, -0.25) is 0 Å². The molecule has 0 saturated heterocycles. The van der Waals surface area contributed by atoms with E-state index in [1.165, 1.54) is 11.3 Å². The SMILES string of the molecule is C[C@H](O)c1nccs1. The van der Waals surface area contributed by atoms with E-state index in [0.29, 0.717) is 0 Å². The zero-order chi connectivity index (χ0) is 5.98. The Morgan fingerprint density at radius 2 is 2.62 bits per heavy atom. The third kappa shape index (κ3) is 1.05. The minimum Gasteiger partial charge on any atom is -0.386 e. The molecule has 0 saturated carbocycles. The molecule has 0 spiro atoms. The molecule has 2 nitrogen and oxygen atoms in total. The van der Waals surface area contributed by atoms with Crippen molar-refractivity contribution in [2.24, 2.45) is 0 Å². The van der Waals surface area contributed by atoms with Gasteiger partial charge in [-0.2, -0.15) is 0 Å². The smallest absolute Gasteiger partial charge is 0.121 e. The van der Waals surface area contributed by atoms with Crippen LogP contribution in [0.4, 0.5) is 0 Å².